The number of aliphatic imine (C=N–C) groups is 1. The molecule has 0 N–H and O–H groups in total. The first-order valence-electron chi connectivity index (χ1n) is 12.4. The van der Waals surface area contributed by atoms with Gasteiger partial charge in [0.25, 0.3) is 0 Å². The molecule has 0 bridgehead atoms. The lowest BCUT2D eigenvalue weighted by Gasteiger charge is -2.41. The van der Waals surface area contributed by atoms with Crippen LogP contribution in [0.3, 0.4) is 0 Å². The summed E-state index contributed by atoms with van der Waals surface area (Å²) in [6, 6.07) is 14.9. The van der Waals surface area contributed by atoms with E-state index >= 15 is 0 Å². The van der Waals surface area contributed by atoms with E-state index in [1.807, 2.05) is 48.5 Å². The number of carbonyl (C=O) groups excluding carboxylic acids is 3. The number of hydrogen-bond donors (Lipinski definition) is 0. The number of Topliss-reactive ketones (excluding diaryl/α,β-unsaturated/α-hetero) is 1. The van der Waals surface area contributed by atoms with Gasteiger partial charge in [-0.3, -0.25) is 14.6 Å². The smallest absolute Gasteiger partial charge is 0.336 e. The minimum Gasteiger partial charge on any atom is -0.496 e. The second-order valence-corrected chi connectivity index (χ2v) is 9.93. The summed E-state index contributed by atoms with van der Waals surface area (Å²) in [6.07, 6.45) is 0.345. The van der Waals surface area contributed by atoms with Crippen LogP contribution in [0.5, 0.6) is 5.75 Å². The van der Waals surface area contributed by atoms with Crippen LogP contribution in [0.2, 0.25) is 0 Å². The van der Waals surface area contributed by atoms with Crippen molar-refractivity contribution in [1.82, 2.24) is 0 Å². The maximum atomic E-state index is 14.4. The number of para-hydroxylation sites is 1. The first-order chi connectivity index (χ1) is 17.8. The van der Waals surface area contributed by atoms with E-state index in [4.69, 9.17) is 19.2 Å². The van der Waals surface area contributed by atoms with Gasteiger partial charge in [0, 0.05) is 27.7 Å². The van der Waals surface area contributed by atoms with Crippen LogP contribution in [0.25, 0.3) is 0 Å². The topological polar surface area (TPSA) is 91.3 Å². The molecule has 1 aliphatic carbocycles. The van der Waals surface area contributed by atoms with Gasteiger partial charge in [0.2, 0.25) is 0 Å². The Balaban J connectivity index is 1.92. The van der Waals surface area contributed by atoms with Crippen LogP contribution in [0.15, 0.2) is 69.3 Å². The second-order valence-electron chi connectivity index (χ2n) is 9.02. The number of rotatable bonds is 7. The van der Waals surface area contributed by atoms with E-state index in [2.05, 4.69) is 15.9 Å². The van der Waals surface area contributed by atoms with Gasteiger partial charge in [0.05, 0.1) is 31.8 Å². The van der Waals surface area contributed by atoms with Gasteiger partial charge < -0.3 is 14.2 Å². The van der Waals surface area contributed by atoms with Crippen molar-refractivity contribution in [3.63, 3.8) is 0 Å². The highest BCUT2D eigenvalue weighted by molar-refractivity contribution is 9.10. The van der Waals surface area contributed by atoms with Crippen LogP contribution in [-0.4, -0.2) is 43.8 Å². The summed E-state index contributed by atoms with van der Waals surface area (Å²) >= 11 is 3.51. The first-order valence-corrected chi connectivity index (χ1v) is 13.2. The van der Waals surface area contributed by atoms with E-state index in [1.165, 1.54) is 0 Å². The Bertz CT molecular complexity index is 1280. The molecule has 7 nitrogen and oxygen atoms in total. The minimum absolute atomic E-state index is 0.148. The summed E-state index contributed by atoms with van der Waals surface area (Å²) in [7, 11) is 1.56. The molecular formula is C29H30BrNO6. The standard InChI is InChI=1S/C29H30BrNO6/c1-5-36-28(33)23-16(3)31-21-15-20(19-12-7-8-13-22(19)35-4)25(29(34)37-6-2)27(32)26(21)24(23)17-10-9-11-18(30)14-17/h7-14,20,24-26H,5-6,15H2,1-4H3/t20-,24-,25-,26?/m1/s1. The van der Waals surface area contributed by atoms with Gasteiger partial charge in [0.15, 0.2) is 5.78 Å². The van der Waals surface area contributed by atoms with Crippen molar-refractivity contribution in [3.05, 3.63) is 75.4 Å². The number of carbonyl (C=O) groups is 3. The lowest BCUT2D eigenvalue weighted by molar-refractivity contribution is -0.153. The fourth-order valence-corrected chi connectivity index (χ4v) is 5.90. The molecule has 194 valence electrons. The largest absolute Gasteiger partial charge is 0.496 e. The number of methoxy groups -OCH3 is 1. The quantitative estimate of drug-likeness (QED) is 0.329. The molecule has 1 saturated carbocycles. The fourth-order valence-electron chi connectivity index (χ4n) is 5.48. The maximum Gasteiger partial charge on any atom is 0.336 e. The van der Waals surface area contributed by atoms with Crippen molar-refractivity contribution in [2.75, 3.05) is 20.3 Å². The number of benzene rings is 2. The summed E-state index contributed by atoms with van der Waals surface area (Å²) in [5.41, 5.74) is 2.99. The fraction of sp³-hybridized carbons (Fsp3) is 0.379. The van der Waals surface area contributed by atoms with Crippen LogP contribution >= 0.6 is 15.9 Å². The highest BCUT2D eigenvalue weighted by atomic mass is 79.9. The van der Waals surface area contributed by atoms with Gasteiger partial charge in [0.1, 0.15) is 11.7 Å². The molecule has 8 heteroatoms. The number of fused-ring (bicyclic) bond motifs is 1. The Morgan fingerprint density at radius 1 is 1.03 bits per heavy atom. The number of nitrogens with zero attached hydrogens (tertiary/aromatic N) is 1. The number of ketones is 1. The van der Waals surface area contributed by atoms with E-state index in [1.54, 1.807) is 27.9 Å². The Kier molecular flexibility index (Phi) is 8.27. The van der Waals surface area contributed by atoms with Crippen LogP contribution in [0, 0.1) is 11.8 Å². The Morgan fingerprint density at radius 3 is 2.43 bits per heavy atom. The summed E-state index contributed by atoms with van der Waals surface area (Å²) < 4.78 is 17.2. The predicted molar refractivity (Wildman–Crippen MR) is 143 cm³/mol. The summed E-state index contributed by atoms with van der Waals surface area (Å²) in [4.78, 5) is 45.6. The molecule has 37 heavy (non-hydrogen) atoms. The average molecular weight is 568 g/mol. The monoisotopic (exact) mass is 567 g/mol. The van der Waals surface area contributed by atoms with Crippen molar-refractivity contribution in [1.29, 1.82) is 0 Å². The minimum atomic E-state index is -1.07. The van der Waals surface area contributed by atoms with Crippen molar-refractivity contribution >= 4 is 39.4 Å². The molecule has 0 saturated heterocycles. The van der Waals surface area contributed by atoms with Crippen molar-refractivity contribution in [3.8, 4) is 5.75 Å². The zero-order valence-corrected chi connectivity index (χ0v) is 22.9. The Morgan fingerprint density at radius 2 is 1.76 bits per heavy atom. The van der Waals surface area contributed by atoms with E-state index < -0.39 is 35.6 Å². The van der Waals surface area contributed by atoms with E-state index in [-0.39, 0.29) is 19.0 Å². The number of hydrogen-bond acceptors (Lipinski definition) is 7. The van der Waals surface area contributed by atoms with Crippen LogP contribution < -0.4 is 4.74 Å². The molecule has 1 heterocycles. The predicted octanol–water partition coefficient (Wildman–Crippen LogP) is 5.39. The number of allylic oxidation sites excluding steroid dienone is 1. The van der Waals surface area contributed by atoms with Gasteiger partial charge in [-0.2, -0.15) is 0 Å². The van der Waals surface area contributed by atoms with Gasteiger partial charge >= 0.3 is 11.9 Å². The molecule has 0 spiro atoms. The molecule has 4 rings (SSSR count). The molecule has 0 radical (unpaired) electrons. The highest BCUT2D eigenvalue weighted by Crippen LogP contribution is 2.49. The van der Waals surface area contributed by atoms with E-state index in [0.29, 0.717) is 29.2 Å². The lowest BCUT2D eigenvalue weighted by Crippen LogP contribution is -2.48. The molecule has 0 aromatic heterocycles. The number of ether oxygens (including phenoxy) is 3. The van der Waals surface area contributed by atoms with E-state index in [9.17, 15) is 14.4 Å². The third-order valence-corrected chi connectivity index (χ3v) is 7.42. The second kappa shape index (κ2) is 11.4. The SMILES string of the molecule is CCOC(=O)C1=C(C)N=C2C[C@H](c3ccccc3OC)[C@@H](C(=O)OCC)C(=O)C2[C@@H]1c1cccc(Br)c1. The molecular weight excluding hydrogens is 538 g/mol. The van der Waals surface area contributed by atoms with Crippen LogP contribution in [0.1, 0.15) is 50.2 Å². The summed E-state index contributed by atoms with van der Waals surface area (Å²) in [5.74, 6) is -3.87. The summed E-state index contributed by atoms with van der Waals surface area (Å²) in [6.45, 7) is 5.55. The molecule has 1 fully saturated rings. The van der Waals surface area contributed by atoms with Gasteiger partial charge in [-0.25, -0.2) is 4.79 Å². The zero-order chi connectivity index (χ0) is 26.7. The summed E-state index contributed by atoms with van der Waals surface area (Å²) in [5, 5.41) is 0. The van der Waals surface area contributed by atoms with Crippen molar-refractivity contribution in [2.24, 2.45) is 16.8 Å². The van der Waals surface area contributed by atoms with E-state index in [0.717, 1.165) is 15.6 Å². The first kappa shape index (κ1) is 26.8. The molecule has 2 aliphatic rings. The molecule has 4 atom stereocenters. The van der Waals surface area contributed by atoms with Crippen molar-refractivity contribution < 1.29 is 28.6 Å². The maximum absolute atomic E-state index is 14.4. The third kappa shape index (κ3) is 5.12. The Labute approximate surface area is 225 Å². The average Bonchev–Trinajstić information content (AvgIpc) is 2.87. The zero-order valence-electron chi connectivity index (χ0n) is 21.3. The van der Waals surface area contributed by atoms with Gasteiger partial charge in [-0.1, -0.05) is 46.3 Å². The van der Waals surface area contributed by atoms with Crippen LogP contribution in [0.4, 0.5) is 0 Å². The number of esters is 2. The Hall–Kier alpha value is -3.26. The highest BCUT2D eigenvalue weighted by Gasteiger charge is 2.53. The van der Waals surface area contributed by atoms with Crippen molar-refractivity contribution in [2.45, 2.75) is 39.0 Å². The van der Waals surface area contributed by atoms with Crippen LogP contribution in [-0.2, 0) is 23.9 Å². The molecule has 0 amide bonds. The lowest BCUT2D eigenvalue weighted by atomic mass is 9.62. The third-order valence-electron chi connectivity index (χ3n) is 6.93. The van der Waals surface area contributed by atoms with Gasteiger partial charge in [-0.15, -0.1) is 0 Å². The normalized spacial score (nSPS) is 23.2. The molecule has 1 unspecified atom stereocenters. The number of halogens is 1. The molecule has 2 aromatic carbocycles. The molecule has 2 aromatic rings. The van der Waals surface area contributed by atoms with Gasteiger partial charge in [-0.05, 0) is 56.5 Å². The molecule has 1 aliphatic heterocycles.